The van der Waals surface area contributed by atoms with E-state index in [4.69, 9.17) is 10.1 Å². The second-order valence-corrected chi connectivity index (χ2v) is 11.3. The molecule has 40 heavy (non-hydrogen) atoms. The van der Waals surface area contributed by atoms with Gasteiger partial charge in [-0.2, -0.15) is 16.9 Å². The van der Waals surface area contributed by atoms with Crippen LogP contribution < -0.4 is 10.6 Å². The Balaban J connectivity index is 1.73. The van der Waals surface area contributed by atoms with Crippen molar-refractivity contribution in [2.75, 3.05) is 25.1 Å². The van der Waals surface area contributed by atoms with E-state index in [2.05, 4.69) is 15.6 Å². The van der Waals surface area contributed by atoms with E-state index >= 15 is 0 Å². The fraction of sp³-hybridized carbons (Fsp3) is 0.500. The monoisotopic (exact) mass is 566 g/mol. The second kappa shape index (κ2) is 13.6. The van der Waals surface area contributed by atoms with Crippen molar-refractivity contribution in [3.05, 3.63) is 54.4 Å². The van der Waals surface area contributed by atoms with E-state index in [0.717, 1.165) is 11.3 Å². The van der Waals surface area contributed by atoms with Crippen molar-refractivity contribution in [2.45, 2.75) is 51.7 Å². The molecule has 11 nitrogen and oxygen atoms in total. The molecular formula is C28H38N8O3S. The maximum absolute atomic E-state index is 13.5. The van der Waals surface area contributed by atoms with Crippen LogP contribution in [0.25, 0.3) is 11.4 Å². The van der Waals surface area contributed by atoms with Crippen molar-refractivity contribution in [2.24, 2.45) is 13.0 Å². The van der Waals surface area contributed by atoms with Crippen molar-refractivity contribution in [1.82, 2.24) is 39.8 Å². The van der Waals surface area contributed by atoms with Crippen LogP contribution in [-0.2, 0) is 23.2 Å². The van der Waals surface area contributed by atoms with Gasteiger partial charge in [-0.1, -0.05) is 44.2 Å². The summed E-state index contributed by atoms with van der Waals surface area (Å²) >= 11 is 1.62. The normalized spacial score (nSPS) is 19.1. The number of aryl methyl sites for hydroxylation is 1. The third-order valence-corrected chi connectivity index (χ3v) is 7.62. The van der Waals surface area contributed by atoms with Crippen LogP contribution in [0.15, 0.2) is 42.9 Å². The van der Waals surface area contributed by atoms with E-state index in [0.29, 0.717) is 49.8 Å². The molecule has 3 aromatic rings. The van der Waals surface area contributed by atoms with Gasteiger partial charge in [-0.15, -0.1) is 0 Å². The predicted molar refractivity (Wildman–Crippen MR) is 154 cm³/mol. The highest BCUT2D eigenvalue weighted by Gasteiger charge is 2.30. The number of carbonyl (C=O) groups is 3. The second-order valence-electron chi connectivity index (χ2n) is 10.3. The lowest BCUT2D eigenvalue weighted by atomic mass is 10.0. The van der Waals surface area contributed by atoms with Crippen LogP contribution in [0.4, 0.5) is 0 Å². The number of rotatable bonds is 6. The topological polar surface area (TPSA) is 127 Å². The number of benzene rings is 1. The molecule has 0 saturated carbocycles. The molecule has 2 atom stereocenters. The van der Waals surface area contributed by atoms with Gasteiger partial charge in [0.2, 0.25) is 11.8 Å². The lowest BCUT2D eigenvalue weighted by molar-refractivity contribution is -0.129. The summed E-state index contributed by atoms with van der Waals surface area (Å²) < 4.78 is 3.49. The van der Waals surface area contributed by atoms with Crippen LogP contribution in [0.2, 0.25) is 0 Å². The molecular weight excluding hydrogens is 528 g/mol. The summed E-state index contributed by atoms with van der Waals surface area (Å²) in [5.41, 5.74) is 1.33. The summed E-state index contributed by atoms with van der Waals surface area (Å²) in [6, 6.07) is 8.57. The largest absolute Gasteiger partial charge is 0.344 e. The zero-order valence-electron chi connectivity index (χ0n) is 23.5. The average molecular weight is 567 g/mol. The van der Waals surface area contributed by atoms with E-state index in [9.17, 15) is 14.4 Å². The quantitative estimate of drug-likeness (QED) is 0.470. The number of hydrogen-bond acceptors (Lipinski definition) is 7. The van der Waals surface area contributed by atoms with Crippen molar-refractivity contribution < 1.29 is 14.4 Å². The van der Waals surface area contributed by atoms with Gasteiger partial charge < -0.3 is 20.1 Å². The number of imidazole rings is 1. The first-order valence-corrected chi connectivity index (χ1v) is 15.0. The van der Waals surface area contributed by atoms with Crippen molar-refractivity contribution in [3.63, 3.8) is 0 Å². The van der Waals surface area contributed by atoms with Crippen LogP contribution in [-0.4, -0.2) is 78.1 Å². The van der Waals surface area contributed by atoms with Crippen molar-refractivity contribution in [1.29, 1.82) is 0 Å². The first kappa shape index (κ1) is 29.3. The summed E-state index contributed by atoms with van der Waals surface area (Å²) in [4.78, 5) is 50.6. The minimum atomic E-state index is -0.665. The maximum atomic E-state index is 13.5. The first-order valence-electron chi connectivity index (χ1n) is 13.6. The lowest BCUT2D eigenvalue weighted by Crippen LogP contribution is -2.49. The first-order chi connectivity index (χ1) is 19.3. The third-order valence-electron chi connectivity index (χ3n) is 6.97. The molecule has 0 unspecified atom stereocenters. The number of aromatic nitrogens is 5. The summed E-state index contributed by atoms with van der Waals surface area (Å²) in [5.74, 6) is 1.28. The van der Waals surface area contributed by atoms with E-state index < -0.39 is 12.1 Å². The number of thioether (sulfide) groups is 1. The number of carbonyl (C=O) groups excluding carboxylic acids is 3. The van der Waals surface area contributed by atoms with E-state index in [1.807, 2.05) is 50.4 Å². The molecule has 3 heterocycles. The van der Waals surface area contributed by atoms with E-state index in [-0.39, 0.29) is 30.1 Å². The number of fused-ring (bicyclic) bond motifs is 1. The van der Waals surface area contributed by atoms with Gasteiger partial charge in [0, 0.05) is 32.1 Å². The van der Waals surface area contributed by atoms with Crippen LogP contribution >= 0.6 is 11.8 Å². The van der Waals surface area contributed by atoms with Gasteiger partial charge in [0.25, 0.3) is 5.91 Å². The Morgan fingerprint density at radius 3 is 2.58 bits per heavy atom. The molecule has 0 bridgehead atoms. The number of hydrogen-bond donors (Lipinski definition) is 2. The summed E-state index contributed by atoms with van der Waals surface area (Å²) in [6.07, 6.45) is 6.29. The van der Waals surface area contributed by atoms with Gasteiger partial charge in [0.05, 0.1) is 25.1 Å². The Morgan fingerprint density at radius 2 is 1.90 bits per heavy atom. The Kier molecular flexibility index (Phi) is 9.97. The van der Waals surface area contributed by atoms with E-state index in [1.54, 1.807) is 45.5 Å². The molecule has 1 aliphatic heterocycles. The zero-order valence-corrected chi connectivity index (χ0v) is 24.4. The van der Waals surface area contributed by atoms with Gasteiger partial charge in [0.1, 0.15) is 11.7 Å². The van der Waals surface area contributed by atoms with Gasteiger partial charge in [0.15, 0.2) is 11.6 Å². The van der Waals surface area contributed by atoms with Gasteiger partial charge in [-0.05, 0) is 30.8 Å². The summed E-state index contributed by atoms with van der Waals surface area (Å²) in [6.45, 7) is 5.14. The zero-order chi connectivity index (χ0) is 28.6. The number of nitrogens with zero attached hydrogens (tertiary/aromatic N) is 6. The highest BCUT2D eigenvalue weighted by atomic mass is 32.2. The molecule has 1 aromatic carbocycles. The number of amides is 3. The van der Waals surface area contributed by atoms with Crippen LogP contribution in [0.1, 0.15) is 55.5 Å². The molecule has 0 radical (unpaired) electrons. The van der Waals surface area contributed by atoms with Gasteiger partial charge in [-0.3, -0.25) is 14.4 Å². The highest BCUT2D eigenvalue weighted by molar-refractivity contribution is 7.98. The molecule has 0 spiro atoms. The molecule has 2 N–H and O–H groups in total. The molecule has 1 aliphatic rings. The lowest BCUT2D eigenvalue weighted by Gasteiger charge is -2.28. The molecule has 214 valence electrons. The Bertz CT molecular complexity index is 1310. The average Bonchev–Trinajstić information content (AvgIpc) is 3.57. The Morgan fingerprint density at radius 1 is 1.12 bits per heavy atom. The SMILES string of the molecule is CSCC[C@@H]1NC(=O)CCCN(C(=O)c2cncn2C)CCn2nc(-c3ccccc3)nc2[C@@H](C(C)C)NC1=O. The Labute approximate surface area is 239 Å². The molecule has 4 rings (SSSR count). The standard InChI is InChI=1S/C28H38N8O3S/c1-19(2)24-26-32-25(20-9-6-5-7-10-20)33-36(26)15-14-35(28(39)22-17-29-18-34(22)3)13-8-11-23(37)30-21(12-16-40-4)27(38)31-24/h5-7,9-10,17-19,21,24H,8,11-16H2,1-4H3,(H,30,37)(H,31,38)/t21-,24+/m0/s1. The smallest absolute Gasteiger partial charge is 0.272 e. The van der Waals surface area contributed by atoms with Crippen molar-refractivity contribution >= 4 is 29.5 Å². The molecule has 12 heteroatoms. The van der Waals surface area contributed by atoms with Crippen molar-refractivity contribution in [3.8, 4) is 11.4 Å². The number of nitrogens with one attached hydrogen (secondary N) is 2. The fourth-order valence-electron chi connectivity index (χ4n) is 4.70. The minimum Gasteiger partial charge on any atom is -0.344 e. The highest BCUT2D eigenvalue weighted by Crippen LogP contribution is 2.25. The third kappa shape index (κ3) is 7.09. The van der Waals surface area contributed by atoms with Crippen LogP contribution in [0, 0.1) is 5.92 Å². The van der Waals surface area contributed by atoms with Gasteiger partial charge in [-0.25, -0.2) is 14.6 Å². The van der Waals surface area contributed by atoms with E-state index in [1.165, 1.54) is 0 Å². The van der Waals surface area contributed by atoms with Crippen LogP contribution in [0.3, 0.4) is 0 Å². The molecule has 0 saturated heterocycles. The summed E-state index contributed by atoms with van der Waals surface area (Å²) in [7, 11) is 1.78. The molecule has 0 fully saturated rings. The fourth-order valence-corrected chi connectivity index (χ4v) is 5.17. The predicted octanol–water partition coefficient (Wildman–Crippen LogP) is 2.67. The van der Waals surface area contributed by atoms with Crippen LogP contribution in [0.5, 0.6) is 0 Å². The van der Waals surface area contributed by atoms with Gasteiger partial charge >= 0.3 is 0 Å². The minimum absolute atomic E-state index is 0.00694. The molecule has 2 aromatic heterocycles. The summed E-state index contributed by atoms with van der Waals surface area (Å²) in [5, 5.41) is 10.9. The molecule has 0 aliphatic carbocycles. The maximum Gasteiger partial charge on any atom is 0.272 e. The Hall–Kier alpha value is -3.67. The molecule has 3 amide bonds.